The molecule has 130 valence electrons. The third-order valence-electron chi connectivity index (χ3n) is 5.25. The zero-order valence-electron chi connectivity index (χ0n) is 14.1. The van der Waals surface area contributed by atoms with Gasteiger partial charge in [-0.15, -0.1) is 0 Å². The molecule has 1 saturated heterocycles. The lowest BCUT2D eigenvalue weighted by Gasteiger charge is -2.22. The molecule has 3 aromatic rings. The predicted octanol–water partition coefficient (Wildman–Crippen LogP) is 4.77. The molecule has 3 aromatic heterocycles. The van der Waals surface area contributed by atoms with E-state index in [0.717, 1.165) is 42.1 Å². The summed E-state index contributed by atoms with van der Waals surface area (Å²) in [6.07, 6.45) is 14.5. The number of pyridine rings is 1. The van der Waals surface area contributed by atoms with Crippen LogP contribution in [0.3, 0.4) is 0 Å². The molecule has 1 aliphatic heterocycles. The summed E-state index contributed by atoms with van der Waals surface area (Å²) in [4.78, 5) is 4.44. The Morgan fingerprint density at radius 2 is 2.08 bits per heavy atom. The highest BCUT2D eigenvalue weighted by molar-refractivity contribution is 9.10. The molecule has 0 radical (unpaired) electrons. The monoisotopic (exact) mass is 400 g/mol. The van der Waals surface area contributed by atoms with Crippen LogP contribution in [0.15, 0.2) is 35.5 Å². The van der Waals surface area contributed by atoms with Crippen molar-refractivity contribution in [2.75, 3.05) is 6.61 Å². The second-order valence-corrected chi connectivity index (χ2v) is 8.01. The highest BCUT2D eigenvalue weighted by atomic mass is 79.9. The first-order chi connectivity index (χ1) is 12.3. The molecule has 25 heavy (non-hydrogen) atoms. The van der Waals surface area contributed by atoms with Crippen LogP contribution in [0, 0.1) is 5.92 Å². The second kappa shape index (κ2) is 6.25. The fourth-order valence-corrected chi connectivity index (χ4v) is 4.02. The molecular formula is C19H21BrN4O. The summed E-state index contributed by atoms with van der Waals surface area (Å²) < 4.78 is 11.1. The molecular weight excluding hydrogens is 380 g/mol. The summed E-state index contributed by atoms with van der Waals surface area (Å²) in [5, 5.41) is 5.81. The molecule has 1 atom stereocenters. The van der Waals surface area contributed by atoms with E-state index in [1.807, 2.05) is 17.1 Å². The number of nitrogens with zero attached hydrogens (tertiary/aromatic N) is 4. The van der Waals surface area contributed by atoms with E-state index in [2.05, 4.69) is 49.0 Å². The van der Waals surface area contributed by atoms with E-state index in [-0.39, 0.29) is 6.23 Å². The maximum atomic E-state index is 5.86. The first-order valence-electron chi connectivity index (χ1n) is 9.08. The van der Waals surface area contributed by atoms with Crippen LogP contribution in [0.4, 0.5) is 0 Å². The maximum absolute atomic E-state index is 5.86. The fraction of sp³-hybridized carbons (Fsp3) is 0.474. The standard InChI is InChI=1S/C19H21BrN4O/c20-18-7-15-16(12-23(10-13-4-5-13)17(15)9-21-18)14-8-22-24(11-14)19-3-1-2-6-25-19/h7-9,11-13,19H,1-6,10H2. The molecule has 6 heteroatoms. The minimum Gasteiger partial charge on any atom is -0.357 e. The van der Waals surface area contributed by atoms with Gasteiger partial charge < -0.3 is 9.30 Å². The summed E-state index contributed by atoms with van der Waals surface area (Å²) in [6, 6.07) is 2.11. The van der Waals surface area contributed by atoms with E-state index in [9.17, 15) is 0 Å². The number of aromatic nitrogens is 4. The number of fused-ring (bicyclic) bond motifs is 1. The summed E-state index contributed by atoms with van der Waals surface area (Å²) in [5.74, 6) is 0.824. The number of halogens is 1. The molecule has 5 nitrogen and oxygen atoms in total. The predicted molar refractivity (Wildman–Crippen MR) is 100 cm³/mol. The topological polar surface area (TPSA) is 44.9 Å². The van der Waals surface area contributed by atoms with Crippen LogP contribution >= 0.6 is 15.9 Å². The zero-order chi connectivity index (χ0) is 16.8. The SMILES string of the molecule is Brc1cc2c(-c3cnn(C4CCCCO4)c3)cn(CC3CC3)c2cn1. The molecule has 1 saturated carbocycles. The van der Waals surface area contributed by atoms with Gasteiger partial charge in [0.1, 0.15) is 10.8 Å². The lowest BCUT2D eigenvalue weighted by atomic mass is 10.1. The van der Waals surface area contributed by atoms with E-state index in [1.165, 1.54) is 35.7 Å². The van der Waals surface area contributed by atoms with Crippen molar-refractivity contribution in [3.05, 3.63) is 35.5 Å². The van der Waals surface area contributed by atoms with Gasteiger partial charge in [0, 0.05) is 42.1 Å². The van der Waals surface area contributed by atoms with Crippen molar-refractivity contribution in [3.63, 3.8) is 0 Å². The van der Waals surface area contributed by atoms with E-state index in [4.69, 9.17) is 4.74 Å². The lowest BCUT2D eigenvalue weighted by Crippen LogP contribution is -2.18. The van der Waals surface area contributed by atoms with Crippen LogP contribution in [-0.4, -0.2) is 25.9 Å². The fourth-order valence-electron chi connectivity index (χ4n) is 3.69. The number of ether oxygens (including phenoxy) is 1. The highest BCUT2D eigenvalue weighted by Gasteiger charge is 2.24. The smallest absolute Gasteiger partial charge is 0.150 e. The van der Waals surface area contributed by atoms with Gasteiger partial charge in [-0.1, -0.05) is 0 Å². The van der Waals surface area contributed by atoms with Gasteiger partial charge in [0.2, 0.25) is 0 Å². The van der Waals surface area contributed by atoms with Gasteiger partial charge in [0.25, 0.3) is 0 Å². The minimum atomic E-state index is 0.0794. The number of hydrogen-bond donors (Lipinski definition) is 0. The average molecular weight is 401 g/mol. The molecule has 0 spiro atoms. The third-order valence-corrected chi connectivity index (χ3v) is 5.68. The molecule has 1 aliphatic carbocycles. The van der Waals surface area contributed by atoms with E-state index < -0.39 is 0 Å². The van der Waals surface area contributed by atoms with Gasteiger partial charge in [0.05, 0.1) is 17.9 Å². The largest absolute Gasteiger partial charge is 0.357 e. The lowest BCUT2D eigenvalue weighted by molar-refractivity contribution is -0.0394. The average Bonchev–Trinajstić information content (AvgIpc) is 3.19. The van der Waals surface area contributed by atoms with E-state index in [1.54, 1.807) is 0 Å². The molecule has 2 fully saturated rings. The molecule has 1 unspecified atom stereocenters. The molecule has 4 heterocycles. The van der Waals surface area contributed by atoms with Gasteiger partial charge >= 0.3 is 0 Å². The molecule has 0 aromatic carbocycles. The van der Waals surface area contributed by atoms with Crippen LogP contribution in [-0.2, 0) is 11.3 Å². The van der Waals surface area contributed by atoms with Crippen LogP contribution < -0.4 is 0 Å². The Bertz CT molecular complexity index is 905. The van der Waals surface area contributed by atoms with E-state index >= 15 is 0 Å². The van der Waals surface area contributed by atoms with Crippen LogP contribution in [0.25, 0.3) is 22.0 Å². The quantitative estimate of drug-likeness (QED) is 0.592. The Kier molecular flexibility index (Phi) is 3.90. The van der Waals surface area contributed by atoms with Crippen molar-refractivity contribution in [1.29, 1.82) is 0 Å². The first kappa shape index (κ1) is 15.6. The summed E-state index contributed by atoms with van der Waals surface area (Å²) >= 11 is 3.52. The van der Waals surface area contributed by atoms with E-state index in [0.29, 0.717) is 0 Å². The Hall–Kier alpha value is -1.66. The molecule has 5 rings (SSSR count). The maximum Gasteiger partial charge on any atom is 0.150 e. The van der Waals surface area contributed by atoms with Crippen molar-refractivity contribution in [1.82, 2.24) is 19.3 Å². The number of rotatable bonds is 4. The van der Waals surface area contributed by atoms with Gasteiger partial charge in [-0.25, -0.2) is 9.67 Å². The van der Waals surface area contributed by atoms with Crippen molar-refractivity contribution >= 4 is 26.8 Å². The molecule has 2 aliphatic rings. The summed E-state index contributed by atoms with van der Waals surface area (Å²) in [5.41, 5.74) is 3.57. The number of hydrogen-bond acceptors (Lipinski definition) is 3. The molecule has 0 N–H and O–H groups in total. The first-order valence-corrected chi connectivity index (χ1v) is 9.88. The van der Waals surface area contributed by atoms with Crippen LogP contribution in [0.1, 0.15) is 38.3 Å². The van der Waals surface area contributed by atoms with Gasteiger partial charge in [-0.3, -0.25) is 0 Å². The third kappa shape index (κ3) is 3.02. The molecule has 0 amide bonds. The summed E-state index contributed by atoms with van der Waals surface area (Å²) in [7, 11) is 0. The van der Waals surface area contributed by atoms with Crippen molar-refractivity contribution in [3.8, 4) is 11.1 Å². The minimum absolute atomic E-state index is 0.0794. The Morgan fingerprint density at radius 3 is 2.88 bits per heavy atom. The second-order valence-electron chi connectivity index (χ2n) is 7.19. The molecule has 0 bridgehead atoms. The van der Waals surface area contributed by atoms with Gasteiger partial charge in [-0.05, 0) is 60.0 Å². The van der Waals surface area contributed by atoms with Crippen LogP contribution in [0.5, 0.6) is 0 Å². The summed E-state index contributed by atoms with van der Waals surface area (Å²) in [6.45, 7) is 1.92. The van der Waals surface area contributed by atoms with Gasteiger partial charge in [-0.2, -0.15) is 5.10 Å². The normalized spacial score (nSPS) is 21.1. The Morgan fingerprint density at radius 1 is 1.16 bits per heavy atom. The Balaban J connectivity index is 1.55. The van der Waals surface area contributed by atoms with Crippen molar-refractivity contribution < 1.29 is 4.74 Å². The van der Waals surface area contributed by atoms with Crippen molar-refractivity contribution in [2.24, 2.45) is 5.92 Å². The van der Waals surface area contributed by atoms with Gasteiger partial charge in [0.15, 0.2) is 0 Å². The van der Waals surface area contributed by atoms with Crippen LogP contribution in [0.2, 0.25) is 0 Å². The zero-order valence-corrected chi connectivity index (χ0v) is 15.7. The van der Waals surface area contributed by atoms with Crippen molar-refractivity contribution in [2.45, 2.75) is 44.9 Å². The Labute approximate surface area is 155 Å². The highest BCUT2D eigenvalue weighted by Crippen LogP contribution is 2.36.